The molecule has 0 N–H and O–H groups in total. The fourth-order valence-corrected chi connectivity index (χ4v) is 7.19. The summed E-state index contributed by atoms with van der Waals surface area (Å²) < 4.78 is 65.4. The van der Waals surface area contributed by atoms with Gasteiger partial charge in [0.1, 0.15) is 23.0 Å². The first-order valence-electron chi connectivity index (χ1n) is 15.2. The number of phosphoric acid groups is 2. The van der Waals surface area contributed by atoms with Crippen molar-refractivity contribution in [1.29, 1.82) is 0 Å². The summed E-state index contributed by atoms with van der Waals surface area (Å²) in [6.07, 6.45) is 0. The second-order valence-corrected chi connectivity index (χ2v) is 14.2. The molecule has 6 aromatic carbocycles. The average molecular weight is 681 g/mol. The van der Waals surface area contributed by atoms with Crippen LogP contribution in [0.4, 0.5) is 0 Å². The van der Waals surface area contributed by atoms with Gasteiger partial charge in [0.05, 0.1) is 0 Å². The molecule has 0 bridgehead atoms. The minimum Gasteiger partial charge on any atom is -0.386 e. The number of fused-ring (bicyclic) bond motifs is 1. The quantitative estimate of drug-likeness (QED) is 0.118. The molecule has 0 fully saturated rings. The predicted octanol–water partition coefficient (Wildman–Crippen LogP) is 11.4. The number of hydrogen-bond donors (Lipinski definition) is 0. The molecular formula is C38H34O8P2. The van der Waals surface area contributed by atoms with Gasteiger partial charge in [0.25, 0.3) is 0 Å². The molecule has 0 aromatic heterocycles. The highest BCUT2D eigenvalue weighted by Gasteiger charge is 2.39. The maximum Gasteiger partial charge on any atom is 0.647 e. The Morgan fingerprint density at radius 1 is 0.375 bits per heavy atom. The van der Waals surface area contributed by atoms with E-state index in [4.69, 9.17) is 27.1 Å². The molecule has 8 nitrogen and oxygen atoms in total. The minimum atomic E-state index is -4.51. The third kappa shape index (κ3) is 8.21. The van der Waals surface area contributed by atoms with E-state index in [2.05, 4.69) is 0 Å². The van der Waals surface area contributed by atoms with E-state index in [1.807, 2.05) is 88.4 Å². The Bertz CT molecular complexity index is 2010. The molecule has 6 aromatic rings. The normalized spacial score (nSPS) is 11.5. The zero-order valence-corrected chi connectivity index (χ0v) is 28.7. The largest absolute Gasteiger partial charge is 0.647 e. The summed E-state index contributed by atoms with van der Waals surface area (Å²) in [6.45, 7) is 7.71. The molecule has 0 unspecified atom stereocenters. The van der Waals surface area contributed by atoms with Crippen molar-refractivity contribution in [3.8, 4) is 34.5 Å². The van der Waals surface area contributed by atoms with Crippen molar-refractivity contribution in [1.82, 2.24) is 0 Å². The summed E-state index contributed by atoms with van der Waals surface area (Å²) in [5, 5.41) is 1.22. The van der Waals surface area contributed by atoms with Crippen molar-refractivity contribution in [2.75, 3.05) is 0 Å². The topological polar surface area (TPSA) is 89.5 Å². The Hall–Kier alpha value is -5.16. The Labute approximate surface area is 280 Å². The summed E-state index contributed by atoms with van der Waals surface area (Å²) in [4.78, 5) is 0. The van der Waals surface area contributed by atoms with Gasteiger partial charge < -0.3 is 27.1 Å². The van der Waals surface area contributed by atoms with Crippen LogP contribution in [0.3, 0.4) is 0 Å². The van der Waals surface area contributed by atoms with E-state index in [1.54, 1.807) is 72.8 Å². The van der Waals surface area contributed by atoms with Crippen LogP contribution >= 0.6 is 15.6 Å². The standard InChI is InChI=1S/C38H34O8P2/c1-27-9-18-32(19-10-27)41-47(39,42-33-20-11-28(2)12-21-33)45-37-26-17-31-7-5-6-8-36(31)38(37)46-48(40,43-34-22-13-29(3)14-23-34)44-35-24-15-30(4)16-25-35/h5-26H,1-4H3. The minimum absolute atomic E-state index is 0.0455. The van der Waals surface area contributed by atoms with Crippen molar-refractivity contribution in [3.05, 3.63) is 156 Å². The van der Waals surface area contributed by atoms with Crippen molar-refractivity contribution in [2.24, 2.45) is 0 Å². The average Bonchev–Trinajstić information content (AvgIpc) is 3.06. The highest BCUT2D eigenvalue weighted by atomic mass is 31.2. The van der Waals surface area contributed by atoms with Gasteiger partial charge in [0, 0.05) is 5.39 Å². The van der Waals surface area contributed by atoms with Crippen LogP contribution in [0.5, 0.6) is 34.5 Å². The maximum absolute atomic E-state index is 14.6. The van der Waals surface area contributed by atoms with Crippen LogP contribution in [0.2, 0.25) is 0 Å². The number of rotatable bonds is 12. The molecule has 6 rings (SSSR count). The Morgan fingerprint density at radius 3 is 1.12 bits per heavy atom. The summed E-state index contributed by atoms with van der Waals surface area (Å²) in [6, 6.07) is 38.4. The molecule has 48 heavy (non-hydrogen) atoms. The van der Waals surface area contributed by atoms with Gasteiger partial charge in [-0.1, -0.05) is 101 Å². The fourth-order valence-electron chi connectivity index (χ4n) is 4.65. The van der Waals surface area contributed by atoms with E-state index >= 15 is 0 Å². The summed E-state index contributed by atoms with van der Waals surface area (Å²) >= 11 is 0. The van der Waals surface area contributed by atoms with E-state index in [0.717, 1.165) is 27.6 Å². The number of hydrogen-bond acceptors (Lipinski definition) is 8. The lowest BCUT2D eigenvalue weighted by atomic mass is 10.1. The molecule has 0 saturated heterocycles. The fraction of sp³-hybridized carbons (Fsp3) is 0.105. The summed E-state index contributed by atoms with van der Waals surface area (Å²) in [5.74, 6) is 0.919. The van der Waals surface area contributed by atoms with Crippen LogP contribution in [0.1, 0.15) is 22.3 Å². The van der Waals surface area contributed by atoms with E-state index in [1.165, 1.54) is 0 Å². The van der Waals surface area contributed by atoms with Crippen LogP contribution in [0.25, 0.3) is 10.8 Å². The third-order valence-electron chi connectivity index (χ3n) is 7.21. The summed E-state index contributed by atoms with van der Waals surface area (Å²) in [7, 11) is -8.99. The first-order valence-corrected chi connectivity index (χ1v) is 18.1. The molecule has 244 valence electrons. The summed E-state index contributed by atoms with van der Waals surface area (Å²) in [5.41, 5.74) is 3.95. The number of benzene rings is 6. The van der Waals surface area contributed by atoms with Crippen molar-refractivity contribution < 1.29 is 36.3 Å². The van der Waals surface area contributed by atoms with Gasteiger partial charge in [-0.2, -0.15) is 9.13 Å². The van der Waals surface area contributed by atoms with Crippen LogP contribution in [-0.4, -0.2) is 0 Å². The molecule has 0 atom stereocenters. The molecule has 0 spiro atoms. The smallest absolute Gasteiger partial charge is 0.386 e. The van der Waals surface area contributed by atoms with Crippen molar-refractivity contribution >= 4 is 26.4 Å². The molecule has 0 heterocycles. The van der Waals surface area contributed by atoms with Crippen LogP contribution in [0.15, 0.2) is 133 Å². The van der Waals surface area contributed by atoms with Crippen LogP contribution in [-0.2, 0) is 9.13 Å². The van der Waals surface area contributed by atoms with E-state index in [-0.39, 0.29) is 34.5 Å². The molecule has 0 aliphatic heterocycles. The van der Waals surface area contributed by atoms with Gasteiger partial charge >= 0.3 is 15.6 Å². The molecule has 0 radical (unpaired) electrons. The van der Waals surface area contributed by atoms with Gasteiger partial charge in [-0.15, -0.1) is 0 Å². The zero-order valence-electron chi connectivity index (χ0n) is 26.9. The van der Waals surface area contributed by atoms with E-state index in [9.17, 15) is 9.13 Å². The van der Waals surface area contributed by atoms with E-state index in [0.29, 0.717) is 5.39 Å². The monoisotopic (exact) mass is 680 g/mol. The second-order valence-electron chi connectivity index (χ2n) is 11.3. The molecule has 0 aliphatic rings. The molecule has 0 aliphatic carbocycles. The SMILES string of the molecule is Cc1ccc(OP(=O)(Oc2ccc(C)cc2)Oc2ccc3ccccc3c2OP(=O)(Oc2ccc(C)cc2)Oc2ccc(C)cc2)cc1. The first kappa shape index (κ1) is 32.8. The Balaban J connectivity index is 1.44. The molecular weight excluding hydrogens is 646 g/mol. The molecule has 10 heteroatoms. The Kier molecular flexibility index (Phi) is 9.49. The lowest BCUT2D eigenvalue weighted by Crippen LogP contribution is -2.11. The maximum atomic E-state index is 14.6. The van der Waals surface area contributed by atoms with E-state index < -0.39 is 15.6 Å². The number of phosphoric ester groups is 2. The highest BCUT2D eigenvalue weighted by molar-refractivity contribution is 7.50. The Morgan fingerprint density at radius 2 is 0.729 bits per heavy atom. The number of aryl methyl sites for hydroxylation is 4. The predicted molar refractivity (Wildman–Crippen MR) is 188 cm³/mol. The first-order chi connectivity index (χ1) is 23.0. The lowest BCUT2D eigenvalue weighted by molar-refractivity contribution is 0.280. The van der Waals surface area contributed by atoms with Gasteiger partial charge in [0.15, 0.2) is 11.5 Å². The zero-order chi connectivity index (χ0) is 33.7. The van der Waals surface area contributed by atoms with Crippen LogP contribution in [0, 0.1) is 27.7 Å². The molecule has 0 saturated carbocycles. The lowest BCUT2D eigenvalue weighted by Gasteiger charge is -2.24. The van der Waals surface area contributed by atoms with Crippen LogP contribution < -0.4 is 27.1 Å². The van der Waals surface area contributed by atoms with Crippen molar-refractivity contribution in [3.63, 3.8) is 0 Å². The van der Waals surface area contributed by atoms with Gasteiger partial charge in [-0.05, 0) is 87.7 Å². The highest BCUT2D eigenvalue weighted by Crippen LogP contribution is 2.57. The van der Waals surface area contributed by atoms with Crippen molar-refractivity contribution in [2.45, 2.75) is 27.7 Å². The van der Waals surface area contributed by atoms with Gasteiger partial charge in [-0.25, -0.2) is 0 Å². The molecule has 0 amide bonds. The third-order valence-corrected chi connectivity index (χ3v) is 9.77. The van der Waals surface area contributed by atoms with Gasteiger partial charge in [-0.3, -0.25) is 0 Å². The second kappa shape index (κ2) is 13.9. The van der Waals surface area contributed by atoms with Gasteiger partial charge in [0.2, 0.25) is 0 Å².